The van der Waals surface area contributed by atoms with Gasteiger partial charge in [0.05, 0.1) is 22.4 Å². The van der Waals surface area contributed by atoms with Gasteiger partial charge in [-0.05, 0) is 387 Å². The SMILES string of the molecule is CCC1(CC)OC(CC)(CC)c2cc(-c3ccc(N(c4ccc(Br)cc4)c4ccc(Br)cc4)cc3C)ccc21.Cc1cc(N(c2ccc(Br)cc2)c2ccc(Br)cc2)ccc1-c1ccc2c(c1)C(C)(C)OC21CCCC1.Cc1cc(N(c2ccc(Br)cc2)c2ccc(Br)cc2)ccc1-c1ccc2c(c1)C1(C)CCC2(C)CC1. The van der Waals surface area contributed by atoms with Gasteiger partial charge in [-0.15, -0.1) is 0 Å². The van der Waals surface area contributed by atoms with Gasteiger partial charge in [0, 0.05) is 78.0 Å². The van der Waals surface area contributed by atoms with E-state index in [1.165, 1.54) is 111 Å². The Kier molecular flexibility index (Phi) is 23.2. The van der Waals surface area contributed by atoms with Gasteiger partial charge < -0.3 is 24.2 Å². The molecule has 12 aromatic rings. The van der Waals surface area contributed by atoms with E-state index in [0.29, 0.717) is 10.8 Å². The Balaban J connectivity index is 0.000000133. The molecule has 0 unspecified atom stereocenters. The minimum absolute atomic E-state index is 0.0773. The number of ether oxygens (including phenoxy) is 2. The number of fused-ring (bicyclic) bond motifs is 5. The second-order valence-electron chi connectivity index (χ2n) is 32.6. The van der Waals surface area contributed by atoms with Crippen molar-refractivity contribution in [1.82, 2.24) is 0 Å². The van der Waals surface area contributed by atoms with E-state index >= 15 is 0 Å². The minimum atomic E-state index is -0.260. The Morgan fingerprint density at radius 2 is 0.536 bits per heavy atom. The molecule has 0 radical (unpaired) electrons. The van der Waals surface area contributed by atoms with E-state index in [1.807, 2.05) is 0 Å². The van der Waals surface area contributed by atoms with Gasteiger partial charge in [-0.25, -0.2) is 0 Å². The standard InChI is InChI=1S/C35H37Br2NO.C33H31Br2NO.C33H31Br2N/c1-6-34(7-2)32-21-10-25(23-33(32)35(8-3,9-4)39-34)31-20-19-30(22-24(31)5)38(28-15-11-26(36)12-16-28)29-17-13-27(37)14-18-29;1-22-20-28(36(26-11-7-24(34)8-12-26)27-13-9-25(35)10-14-27)15-16-29(22)23-6-17-30-31(21-23)32(2,3)37-33(30)18-4-5-19-33;1-22-20-28(36(26-9-5-24(34)6-10-26)27-11-7-25(35)8-12-27)13-14-29(22)23-4-15-30-31(21-23)33(3)18-16-32(30,2)17-19-33/h10-23H,6-9H2,1-5H3;6-17,20-21H,4-5,18-19H2,1-3H3;4-15,20-21H,16-19H2,1-3H3. The van der Waals surface area contributed by atoms with Gasteiger partial charge >= 0.3 is 0 Å². The van der Waals surface area contributed by atoms with Crippen LogP contribution in [0.4, 0.5) is 51.2 Å². The number of benzene rings is 12. The first-order valence-electron chi connectivity index (χ1n) is 39.9. The minimum Gasteiger partial charge on any atom is -0.360 e. The first-order valence-corrected chi connectivity index (χ1v) is 44.7. The van der Waals surface area contributed by atoms with Crippen molar-refractivity contribution in [2.45, 2.75) is 186 Å². The first kappa shape index (κ1) is 80.0. The molecule has 0 saturated heterocycles. The monoisotopic (exact) mass is 1860 g/mol. The van der Waals surface area contributed by atoms with Crippen molar-refractivity contribution >= 4 is 147 Å². The first-order chi connectivity index (χ1) is 53.8. The Morgan fingerprint density at radius 3 is 0.848 bits per heavy atom. The van der Waals surface area contributed by atoms with Gasteiger partial charge in [0.15, 0.2) is 0 Å². The van der Waals surface area contributed by atoms with E-state index in [1.54, 1.807) is 11.1 Å². The second-order valence-corrected chi connectivity index (χ2v) is 38.1. The third-order valence-electron chi connectivity index (χ3n) is 25.3. The largest absolute Gasteiger partial charge is 0.360 e. The molecule has 0 N–H and O–H groups in total. The summed E-state index contributed by atoms with van der Waals surface area (Å²) in [5.41, 5.74) is 30.4. The number of hydrogen-bond acceptors (Lipinski definition) is 5. The van der Waals surface area contributed by atoms with E-state index < -0.39 is 0 Å². The van der Waals surface area contributed by atoms with Crippen LogP contribution in [0, 0.1) is 20.8 Å². The lowest BCUT2D eigenvalue weighted by Crippen LogP contribution is -2.44. The molecule has 2 bridgehead atoms. The highest BCUT2D eigenvalue weighted by molar-refractivity contribution is 9.11. The summed E-state index contributed by atoms with van der Waals surface area (Å²) in [6, 6.07) is 92.9. The van der Waals surface area contributed by atoms with Crippen LogP contribution < -0.4 is 14.7 Å². The van der Waals surface area contributed by atoms with Gasteiger partial charge in [-0.1, -0.05) is 211 Å². The maximum atomic E-state index is 6.98. The second kappa shape index (κ2) is 32.5. The molecule has 0 atom stereocenters. The van der Waals surface area contributed by atoms with E-state index in [4.69, 9.17) is 9.47 Å². The number of hydrogen-bond donors (Lipinski definition) is 0. The highest BCUT2D eigenvalue weighted by atomic mass is 79.9. The van der Waals surface area contributed by atoms with Gasteiger partial charge in [-0.3, -0.25) is 0 Å². The van der Waals surface area contributed by atoms with Crippen LogP contribution in [0.1, 0.15) is 183 Å². The molecule has 0 amide bonds. The highest BCUT2D eigenvalue weighted by Gasteiger charge is 2.52. The number of aryl methyl sites for hydroxylation is 3. The van der Waals surface area contributed by atoms with Crippen LogP contribution in [0.15, 0.2) is 282 Å². The molecule has 2 fully saturated rings. The molecule has 572 valence electrons. The average molecular weight is 1870 g/mol. The molecule has 11 heteroatoms. The lowest BCUT2D eigenvalue weighted by atomic mass is 9.52. The summed E-state index contributed by atoms with van der Waals surface area (Å²) in [4.78, 5) is 6.94. The summed E-state index contributed by atoms with van der Waals surface area (Å²) >= 11 is 21.5. The van der Waals surface area contributed by atoms with Crippen LogP contribution >= 0.6 is 95.6 Å². The van der Waals surface area contributed by atoms with E-state index in [2.05, 4.69) is 441 Å². The van der Waals surface area contributed by atoms with E-state index in [0.717, 1.165) is 117 Å². The Labute approximate surface area is 715 Å². The van der Waals surface area contributed by atoms with Crippen molar-refractivity contribution in [2.24, 2.45) is 0 Å². The molecule has 0 aromatic heterocycles. The predicted molar refractivity (Wildman–Crippen MR) is 493 cm³/mol. The lowest BCUT2D eigenvalue weighted by molar-refractivity contribution is -0.151. The van der Waals surface area contributed by atoms with Crippen LogP contribution in [0.2, 0.25) is 0 Å². The van der Waals surface area contributed by atoms with Crippen molar-refractivity contribution < 1.29 is 9.47 Å². The fraction of sp³-hybridized carbons (Fsp3) is 0.287. The van der Waals surface area contributed by atoms with Gasteiger partial charge in [-0.2, -0.15) is 0 Å². The van der Waals surface area contributed by atoms with Crippen LogP contribution in [0.25, 0.3) is 33.4 Å². The van der Waals surface area contributed by atoms with E-state index in [9.17, 15) is 0 Å². The third kappa shape index (κ3) is 15.6. The van der Waals surface area contributed by atoms with Crippen molar-refractivity contribution in [3.05, 3.63) is 332 Å². The maximum absolute atomic E-state index is 6.98. The molecule has 18 rings (SSSR count). The average Bonchev–Trinajstić information content (AvgIpc) is 1.39. The molecule has 112 heavy (non-hydrogen) atoms. The summed E-state index contributed by atoms with van der Waals surface area (Å²) in [6.07, 6.45) is 14.0. The Morgan fingerprint density at radius 1 is 0.268 bits per heavy atom. The van der Waals surface area contributed by atoms with E-state index in [-0.39, 0.29) is 22.4 Å². The number of nitrogens with zero attached hydrogens (tertiary/aromatic N) is 3. The smallest absolute Gasteiger partial charge is 0.0946 e. The van der Waals surface area contributed by atoms with Gasteiger partial charge in [0.25, 0.3) is 0 Å². The van der Waals surface area contributed by atoms with Crippen LogP contribution in [-0.4, -0.2) is 0 Å². The zero-order valence-electron chi connectivity index (χ0n) is 66.2. The molecule has 5 nitrogen and oxygen atoms in total. The van der Waals surface area contributed by atoms with Crippen molar-refractivity contribution in [2.75, 3.05) is 14.7 Å². The topological polar surface area (TPSA) is 28.2 Å². The third-order valence-corrected chi connectivity index (χ3v) is 28.5. The molecular formula is C101H99Br6N3O2. The summed E-state index contributed by atoms with van der Waals surface area (Å²) in [5, 5.41) is 0. The number of rotatable bonds is 16. The quantitative estimate of drug-likeness (QED) is 0.0961. The van der Waals surface area contributed by atoms with Gasteiger partial charge in [0.1, 0.15) is 0 Å². The zero-order valence-corrected chi connectivity index (χ0v) is 75.7. The Hall–Kier alpha value is -7.16. The summed E-state index contributed by atoms with van der Waals surface area (Å²) in [7, 11) is 0. The number of halogens is 6. The summed E-state index contributed by atoms with van der Waals surface area (Å²) in [6.45, 7) is 25.1. The van der Waals surface area contributed by atoms with Crippen molar-refractivity contribution in [3.63, 3.8) is 0 Å². The summed E-state index contributed by atoms with van der Waals surface area (Å²) in [5.74, 6) is 0. The molecule has 2 saturated carbocycles. The highest BCUT2D eigenvalue weighted by Crippen LogP contribution is 2.59. The fourth-order valence-electron chi connectivity index (χ4n) is 18.9. The normalized spacial score (nSPS) is 18.2. The molecule has 6 aliphatic rings. The summed E-state index contributed by atoms with van der Waals surface area (Å²) < 4.78 is 20.2. The lowest BCUT2D eigenvalue weighted by Gasteiger charge is -2.52. The van der Waals surface area contributed by atoms with Crippen molar-refractivity contribution in [3.8, 4) is 33.4 Å². The van der Waals surface area contributed by atoms with Crippen LogP contribution in [0.5, 0.6) is 0 Å². The molecule has 12 aromatic carbocycles. The van der Waals surface area contributed by atoms with Crippen LogP contribution in [-0.2, 0) is 42.7 Å². The maximum Gasteiger partial charge on any atom is 0.0946 e. The molecular weight excluding hydrogens is 1770 g/mol. The fourth-order valence-corrected chi connectivity index (χ4v) is 20.5. The molecule has 2 aliphatic heterocycles. The number of anilines is 9. The molecule has 1 spiro atoms. The Bertz CT molecular complexity index is 5270. The predicted octanol–water partition coefficient (Wildman–Crippen LogP) is 33.2. The van der Waals surface area contributed by atoms with Gasteiger partial charge in [0.2, 0.25) is 0 Å². The van der Waals surface area contributed by atoms with Crippen LogP contribution in [0.3, 0.4) is 0 Å². The zero-order chi connectivity index (χ0) is 78.7. The molecule has 4 aliphatic carbocycles. The van der Waals surface area contributed by atoms with Crippen molar-refractivity contribution in [1.29, 1.82) is 0 Å². The molecule has 2 heterocycles.